The molecule has 1 aliphatic rings. The van der Waals surface area contributed by atoms with Crippen molar-refractivity contribution < 1.29 is 32.6 Å². The first-order valence-corrected chi connectivity index (χ1v) is 8.22. The highest BCUT2D eigenvalue weighted by atomic mass is 19.4. The number of amides is 1. The van der Waals surface area contributed by atoms with Crippen molar-refractivity contribution in [3.05, 3.63) is 59.2 Å². The third-order valence-corrected chi connectivity index (χ3v) is 4.14. The van der Waals surface area contributed by atoms with Crippen molar-refractivity contribution in [2.45, 2.75) is 25.6 Å². The Morgan fingerprint density at radius 1 is 1.15 bits per heavy atom. The van der Waals surface area contributed by atoms with Crippen molar-refractivity contribution in [3.8, 4) is 5.75 Å². The molecule has 0 spiro atoms. The van der Waals surface area contributed by atoms with E-state index in [9.17, 15) is 27.9 Å². The molecule has 1 saturated carbocycles. The van der Waals surface area contributed by atoms with Crippen molar-refractivity contribution in [1.82, 2.24) is 0 Å². The molecule has 0 unspecified atom stereocenters. The molecule has 2 N–H and O–H groups in total. The number of carboxylic acid groups (broad SMARTS) is 1. The number of rotatable bonds is 6. The summed E-state index contributed by atoms with van der Waals surface area (Å²) in [6.45, 7) is -0.372. The number of benzene rings is 2. The first-order valence-electron chi connectivity index (χ1n) is 8.22. The third-order valence-electron chi connectivity index (χ3n) is 4.14. The molecule has 2 aromatic rings. The Balaban J connectivity index is 1.77. The molecule has 0 heterocycles. The van der Waals surface area contributed by atoms with Crippen molar-refractivity contribution in [1.29, 1.82) is 0 Å². The molecule has 0 aromatic heterocycles. The van der Waals surface area contributed by atoms with Gasteiger partial charge >= 0.3 is 12.1 Å². The van der Waals surface area contributed by atoms with E-state index in [-0.39, 0.29) is 41.0 Å². The average Bonchev–Trinajstić information content (AvgIpc) is 3.45. The average molecular weight is 379 g/mol. The van der Waals surface area contributed by atoms with Gasteiger partial charge in [-0.2, -0.15) is 13.2 Å². The number of anilines is 1. The monoisotopic (exact) mass is 379 g/mol. The summed E-state index contributed by atoms with van der Waals surface area (Å²) in [5.74, 6) is -1.53. The lowest BCUT2D eigenvalue weighted by atomic mass is 10.1. The molecule has 0 bridgehead atoms. The van der Waals surface area contributed by atoms with Crippen molar-refractivity contribution in [2.24, 2.45) is 5.92 Å². The fourth-order valence-corrected chi connectivity index (χ4v) is 2.56. The van der Waals surface area contributed by atoms with E-state index in [1.807, 2.05) is 0 Å². The molecule has 1 aliphatic carbocycles. The number of carbonyl (C=O) groups excluding carboxylic acids is 1. The number of hydrogen-bond donors (Lipinski definition) is 2. The summed E-state index contributed by atoms with van der Waals surface area (Å²) in [6.07, 6.45) is -2.97. The number of carboxylic acids is 1. The zero-order chi connectivity index (χ0) is 19.6. The zero-order valence-corrected chi connectivity index (χ0v) is 14.0. The summed E-state index contributed by atoms with van der Waals surface area (Å²) in [7, 11) is 0. The fraction of sp³-hybridized carbons (Fsp3) is 0.263. The van der Waals surface area contributed by atoms with Crippen LogP contribution in [0, 0.1) is 5.92 Å². The van der Waals surface area contributed by atoms with E-state index in [1.165, 1.54) is 36.4 Å². The summed E-state index contributed by atoms with van der Waals surface area (Å²) in [6, 6.07) is 8.96. The van der Waals surface area contributed by atoms with Crippen LogP contribution in [0.15, 0.2) is 42.5 Å². The van der Waals surface area contributed by atoms with Gasteiger partial charge in [0.2, 0.25) is 5.91 Å². The molecule has 0 radical (unpaired) electrons. The Kier molecular flexibility index (Phi) is 5.07. The standard InChI is InChI=1S/C19H16F3NO4/c20-19(21,22)15-4-2-1-3-12(15)10-27-13-7-8-16(14(9-13)18(25)26)23-17(24)11-5-6-11/h1-4,7-9,11H,5-6,10H2,(H,23,24)(H,25,26). The maximum absolute atomic E-state index is 13.0. The predicted molar refractivity (Wildman–Crippen MR) is 90.5 cm³/mol. The van der Waals surface area contributed by atoms with Gasteiger partial charge in [0.15, 0.2) is 0 Å². The maximum Gasteiger partial charge on any atom is 0.416 e. The number of aromatic carboxylic acids is 1. The van der Waals surface area contributed by atoms with Crippen LogP contribution in [0.4, 0.5) is 18.9 Å². The Morgan fingerprint density at radius 2 is 1.85 bits per heavy atom. The van der Waals surface area contributed by atoms with Gasteiger partial charge in [0.1, 0.15) is 12.4 Å². The number of halogens is 3. The van der Waals surface area contributed by atoms with E-state index >= 15 is 0 Å². The van der Waals surface area contributed by atoms with Gasteiger partial charge in [-0.15, -0.1) is 0 Å². The van der Waals surface area contributed by atoms with E-state index in [0.29, 0.717) is 0 Å². The molecule has 0 atom stereocenters. The number of alkyl halides is 3. The van der Waals surface area contributed by atoms with E-state index in [0.717, 1.165) is 18.9 Å². The Bertz CT molecular complexity index is 875. The maximum atomic E-state index is 13.0. The van der Waals surface area contributed by atoms with E-state index < -0.39 is 17.7 Å². The summed E-state index contributed by atoms with van der Waals surface area (Å²) in [5.41, 5.74) is -0.933. The smallest absolute Gasteiger partial charge is 0.416 e. The van der Waals surface area contributed by atoms with Gasteiger partial charge in [0, 0.05) is 11.5 Å². The molecule has 0 saturated heterocycles. The third kappa shape index (κ3) is 4.58. The van der Waals surface area contributed by atoms with Gasteiger partial charge < -0.3 is 15.2 Å². The number of hydrogen-bond acceptors (Lipinski definition) is 3. The lowest BCUT2D eigenvalue weighted by molar-refractivity contribution is -0.138. The molecular weight excluding hydrogens is 363 g/mol. The van der Waals surface area contributed by atoms with Crippen molar-refractivity contribution >= 4 is 17.6 Å². The van der Waals surface area contributed by atoms with E-state index in [1.54, 1.807) is 0 Å². The minimum absolute atomic E-state index is 0.0620. The SMILES string of the molecule is O=C(O)c1cc(OCc2ccccc2C(F)(F)F)ccc1NC(=O)C1CC1. The van der Waals surface area contributed by atoms with Crippen LogP contribution in [0.1, 0.15) is 34.3 Å². The normalized spacial score (nSPS) is 13.9. The minimum Gasteiger partial charge on any atom is -0.489 e. The molecule has 142 valence electrons. The quantitative estimate of drug-likeness (QED) is 0.783. The largest absolute Gasteiger partial charge is 0.489 e. The van der Waals surface area contributed by atoms with Gasteiger partial charge in [-0.1, -0.05) is 18.2 Å². The molecule has 1 fully saturated rings. The second kappa shape index (κ2) is 7.30. The lowest BCUT2D eigenvalue weighted by Crippen LogP contribution is -2.16. The molecule has 3 rings (SSSR count). The fourth-order valence-electron chi connectivity index (χ4n) is 2.56. The first kappa shape index (κ1) is 18.8. The highest BCUT2D eigenvalue weighted by Gasteiger charge is 2.33. The summed E-state index contributed by atoms with van der Waals surface area (Å²) >= 11 is 0. The Morgan fingerprint density at radius 3 is 2.48 bits per heavy atom. The van der Waals surface area contributed by atoms with E-state index in [4.69, 9.17) is 4.74 Å². The van der Waals surface area contributed by atoms with Crippen LogP contribution >= 0.6 is 0 Å². The van der Waals surface area contributed by atoms with Gasteiger partial charge in [-0.3, -0.25) is 4.79 Å². The lowest BCUT2D eigenvalue weighted by Gasteiger charge is -2.14. The molecular formula is C19H16F3NO4. The highest BCUT2D eigenvalue weighted by molar-refractivity contribution is 6.02. The van der Waals surface area contributed by atoms with Gasteiger partial charge in [0.05, 0.1) is 16.8 Å². The topological polar surface area (TPSA) is 75.6 Å². The van der Waals surface area contributed by atoms with Crippen LogP contribution in [0.5, 0.6) is 5.75 Å². The van der Waals surface area contributed by atoms with Crippen molar-refractivity contribution in [2.75, 3.05) is 5.32 Å². The molecule has 1 amide bonds. The molecule has 2 aromatic carbocycles. The van der Waals surface area contributed by atoms with Crippen LogP contribution in [0.25, 0.3) is 0 Å². The highest BCUT2D eigenvalue weighted by Crippen LogP contribution is 2.33. The number of ether oxygens (including phenoxy) is 1. The summed E-state index contributed by atoms with van der Waals surface area (Å²) in [4.78, 5) is 23.3. The van der Waals surface area contributed by atoms with Crippen LogP contribution in [-0.2, 0) is 17.6 Å². The second-order valence-electron chi connectivity index (χ2n) is 6.22. The van der Waals surface area contributed by atoms with Gasteiger partial charge in [-0.05, 0) is 37.1 Å². The number of carbonyl (C=O) groups is 2. The van der Waals surface area contributed by atoms with Crippen LogP contribution < -0.4 is 10.1 Å². The molecule has 0 aliphatic heterocycles. The molecule has 8 heteroatoms. The predicted octanol–water partition coefficient (Wildman–Crippen LogP) is 4.33. The summed E-state index contributed by atoms with van der Waals surface area (Å²) in [5, 5.41) is 11.9. The Labute approximate surface area is 152 Å². The molecule has 27 heavy (non-hydrogen) atoms. The van der Waals surface area contributed by atoms with Crippen LogP contribution in [0.3, 0.4) is 0 Å². The Hall–Kier alpha value is -3.03. The van der Waals surface area contributed by atoms with Crippen LogP contribution in [0.2, 0.25) is 0 Å². The van der Waals surface area contributed by atoms with Crippen molar-refractivity contribution in [3.63, 3.8) is 0 Å². The van der Waals surface area contributed by atoms with E-state index in [2.05, 4.69) is 5.32 Å². The number of nitrogens with one attached hydrogen (secondary N) is 1. The van der Waals surface area contributed by atoms with Gasteiger partial charge in [0.25, 0.3) is 0 Å². The minimum atomic E-state index is -4.51. The van der Waals surface area contributed by atoms with Gasteiger partial charge in [-0.25, -0.2) is 4.79 Å². The zero-order valence-electron chi connectivity index (χ0n) is 14.0. The first-order chi connectivity index (χ1) is 12.8. The van der Waals surface area contributed by atoms with Crippen LogP contribution in [-0.4, -0.2) is 17.0 Å². The second-order valence-corrected chi connectivity index (χ2v) is 6.22. The summed E-state index contributed by atoms with van der Waals surface area (Å²) < 4.78 is 44.4. The molecule has 5 nitrogen and oxygen atoms in total.